The van der Waals surface area contributed by atoms with Gasteiger partial charge in [0.1, 0.15) is 0 Å². The van der Waals surface area contributed by atoms with Crippen LogP contribution in [0.5, 0.6) is 0 Å². The largest absolute Gasteiger partial charge is 0.327 e. The number of hydrogen-bond acceptors (Lipinski definition) is 2. The first kappa shape index (κ1) is 17.0. The molecule has 1 saturated carbocycles. The van der Waals surface area contributed by atoms with E-state index in [4.69, 9.17) is 13.6 Å². The summed E-state index contributed by atoms with van der Waals surface area (Å²) in [6, 6.07) is 7.25. The summed E-state index contributed by atoms with van der Waals surface area (Å²) >= 11 is 0. The zero-order chi connectivity index (χ0) is 16.2. The lowest BCUT2D eigenvalue weighted by Gasteiger charge is -2.41. The topological polar surface area (TPSA) is 29.3 Å². The van der Waals surface area contributed by atoms with Crippen LogP contribution in [-0.4, -0.2) is 38.4 Å². The molecule has 23 heavy (non-hydrogen) atoms. The van der Waals surface area contributed by atoms with Gasteiger partial charge in [-0.15, -0.1) is 0 Å². The highest BCUT2D eigenvalue weighted by molar-refractivity contribution is 6.08. The Morgan fingerprint density at radius 1 is 1.26 bits per heavy atom. The van der Waals surface area contributed by atoms with Gasteiger partial charge in [0.05, 0.1) is 7.85 Å². The molecule has 1 aliphatic heterocycles. The Morgan fingerprint density at radius 2 is 2.04 bits per heavy atom. The van der Waals surface area contributed by atoms with Gasteiger partial charge in [-0.3, -0.25) is 0 Å². The summed E-state index contributed by atoms with van der Waals surface area (Å²) in [6.07, 6.45) is 8.39. The molecule has 2 N–H and O–H groups in total. The minimum Gasteiger partial charge on any atom is -0.327 e. The third-order valence-corrected chi connectivity index (χ3v) is 5.52. The number of hydrogen-bond donors (Lipinski definition) is 1. The second-order valence-electron chi connectivity index (χ2n) is 7.87. The van der Waals surface area contributed by atoms with E-state index in [2.05, 4.69) is 30.0 Å². The predicted molar refractivity (Wildman–Crippen MR) is 99.0 cm³/mol. The number of likely N-dealkylation sites (tertiary alicyclic amines) is 1. The maximum atomic E-state index is 6.28. The van der Waals surface area contributed by atoms with E-state index in [1.165, 1.54) is 61.9 Å². The van der Waals surface area contributed by atoms with E-state index in [1.807, 2.05) is 0 Å². The summed E-state index contributed by atoms with van der Waals surface area (Å²) in [6.45, 7) is 5.78. The fourth-order valence-corrected chi connectivity index (χ4v) is 3.85. The SMILES string of the molecule is [B]CCc1ccc(CC2CN(CC(N)CCC3CC3)C2)c(C)c1. The van der Waals surface area contributed by atoms with Crippen molar-refractivity contribution < 1.29 is 0 Å². The first-order chi connectivity index (χ1) is 11.1. The lowest BCUT2D eigenvalue weighted by molar-refractivity contribution is 0.0919. The van der Waals surface area contributed by atoms with Crippen LogP contribution < -0.4 is 5.73 Å². The molecule has 2 radical (unpaired) electrons. The minimum absolute atomic E-state index is 0.383. The van der Waals surface area contributed by atoms with Gasteiger partial charge in [-0.05, 0) is 61.1 Å². The lowest BCUT2D eigenvalue weighted by atomic mass is 9.88. The van der Waals surface area contributed by atoms with Crippen LogP contribution in [0, 0.1) is 18.8 Å². The zero-order valence-corrected chi connectivity index (χ0v) is 14.6. The van der Waals surface area contributed by atoms with Crippen molar-refractivity contribution >= 4 is 7.85 Å². The van der Waals surface area contributed by atoms with Crippen molar-refractivity contribution in [1.82, 2.24) is 4.90 Å². The molecule has 0 spiro atoms. The third kappa shape index (κ3) is 5.09. The molecule has 3 rings (SSSR count). The van der Waals surface area contributed by atoms with Crippen molar-refractivity contribution in [3.63, 3.8) is 0 Å². The molecule has 0 bridgehead atoms. The van der Waals surface area contributed by atoms with Crippen LogP contribution in [0.1, 0.15) is 42.4 Å². The second kappa shape index (κ2) is 7.85. The molecule has 124 valence electrons. The van der Waals surface area contributed by atoms with Gasteiger partial charge >= 0.3 is 0 Å². The van der Waals surface area contributed by atoms with Gasteiger partial charge in [0.2, 0.25) is 0 Å². The van der Waals surface area contributed by atoms with Gasteiger partial charge in [0, 0.05) is 25.7 Å². The fourth-order valence-electron chi connectivity index (χ4n) is 3.85. The summed E-state index contributed by atoms with van der Waals surface area (Å²) in [5.41, 5.74) is 10.6. The summed E-state index contributed by atoms with van der Waals surface area (Å²) < 4.78 is 0. The fraction of sp³-hybridized carbons (Fsp3) is 0.700. The number of rotatable bonds is 9. The van der Waals surface area contributed by atoms with Crippen LogP contribution in [-0.2, 0) is 12.8 Å². The first-order valence-corrected chi connectivity index (χ1v) is 9.40. The zero-order valence-electron chi connectivity index (χ0n) is 14.6. The minimum atomic E-state index is 0.383. The number of nitrogens with two attached hydrogens (primary N) is 1. The summed E-state index contributed by atoms with van der Waals surface area (Å²) in [7, 11) is 5.64. The average molecular weight is 310 g/mol. The summed E-state index contributed by atoms with van der Waals surface area (Å²) in [4.78, 5) is 2.54. The van der Waals surface area contributed by atoms with Crippen LogP contribution in [0.4, 0.5) is 0 Å². The van der Waals surface area contributed by atoms with E-state index >= 15 is 0 Å². The van der Waals surface area contributed by atoms with Crippen molar-refractivity contribution in [1.29, 1.82) is 0 Å². The van der Waals surface area contributed by atoms with Crippen LogP contribution in [0.15, 0.2) is 18.2 Å². The maximum absolute atomic E-state index is 6.28. The Balaban J connectivity index is 1.37. The van der Waals surface area contributed by atoms with E-state index < -0.39 is 0 Å². The highest BCUT2D eigenvalue weighted by Crippen LogP contribution is 2.34. The van der Waals surface area contributed by atoms with Crippen molar-refractivity contribution in [2.24, 2.45) is 17.6 Å². The molecular formula is C20H31BN2. The van der Waals surface area contributed by atoms with Crippen molar-refractivity contribution in [2.45, 2.75) is 57.8 Å². The molecule has 1 aliphatic carbocycles. The standard InChI is InChI=1S/C20H31BN2/c1-15-10-17(8-9-21)4-6-19(15)11-18-12-23(13-18)14-20(22)7-5-16-2-3-16/h4,6,10,16,18,20H,2-3,5,7-9,11-14,22H2,1H3. The Labute approximate surface area is 143 Å². The van der Waals surface area contributed by atoms with Crippen LogP contribution in [0.25, 0.3) is 0 Å². The smallest absolute Gasteiger partial charge is 0.0657 e. The third-order valence-electron chi connectivity index (χ3n) is 5.52. The molecule has 1 aromatic carbocycles. The molecule has 1 saturated heterocycles. The highest BCUT2D eigenvalue weighted by Gasteiger charge is 2.29. The Bertz CT molecular complexity index is 506. The summed E-state index contributed by atoms with van der Waals surface area (Å²) in [5, 5.41) is 0. The molecule has 2 nitrogen and oxygen atoms in total. The van der Waals surface area contributed by atoms with Gasteiger partial charge in [-0.25, -0.2) is 0 Å². The van der Waals surface area contributed by atoms with E-state index in [1.54, 1.807) is 0 Å². The molecule has 1 aromatic rings. The summed E-state index contributed by atoms with van der Waals surface area (Å²) in [5.74, 6) is 1.82. The van der Waals surface area contributed by atoms with E-state index in [-0.39, 0.29) is 0 Å². The van der Waals surface area contributed by atoms with E-state index in [9.17, 15) is 0 Å². The maximum Gasteiger partial charge on any atom is 0.0657 e. The number of benzene rings is 1. The highest BCUT2D eigenvalue weighted by atomic mass is 15.2. The quantitative estimate of drug-likeness (QED) is 0.710. The van der Waals surface area contributed by atoms with Crippen molar-refractivity contribution in [2.75, 3.05) is 19.6 Å². The van der Waals surface area contributed by atoms with Gasteiger partial charge in [-0.2, -0.15) is 0 Å². The van der Waals surface area contributed by atoms with Crippen molar-refractivity contribution in [3.05, 3.63) is 34.9 Å². The van der Waals surface area contributed by atoms with Gasteiger partial charge in [0.25, 0.3) is 0 Å². The van der Waals surface area contributed by atoms with Crippen LogP contribution in [0.3, 0.4) is 0 Å². The molecule has 1 atom stereocenters. The molecule has 1 heterocycles. The molecule has 3 heteroatoms. The van der Waals surface area contributed by atoms with Gasteiger partial charge in [0.15, 0.2) is 0 Å². The molecular weight excluding hydrogens is 279 g/mol. The predicted octanol–water partition coefficient (Wildman–Crippen LogP) is 3.12. The van der Waals surface area contributed by atoms with Gasteiger partial charge < -0.3 is 10.6 Å². The molecule has 2 aliphatic rings. The number of aryl methyl sites for hydroxylation is 2. The number of nitrogens with zero attached hydrogens (tertiary/aromatic N) is 1. The van der Waals surface area contributed by atoms with Crippen molar-refractivity contribution in [3.8, 4) is 0 Å². The normalized spacial score (nSPS) is 20.4. The van der Waals surface area contributed by atoms with E-state index in [0.29, 0.717) is 6.04 Å². The Hall–Kier alpha value is -0.795. The van der Waals surface area contributed by atoms with Crippen LogP contribution >= 0.6 is 0 Å². The molecule has 1 unspecified atom stereocenters. The monoisotopic (exact) mass is 310 g/mol. The molecule has 2 fully saturated rings. The van der Waals surface area contributed by atoms with Gasteiger partial charge in [-0.1, -0.05) is 37.4 Å². The Morgan fingerprint density at radius 3 is 2.70 bits per heavy atom. The van der Waals surface area contributed by atoms with E-state index in [0.717, 1.165) is 31.1 Å². The first-order valence-electron chi connectivity index (χ1n) is 9.40. The lowest BCUT2D eigenvalue weighted by Crippen LogP contribution is -2.52. The average Bonchev–Trinajstić information content (AvgIpc) is 3.29. The molecule has 0 amide bonds. The molecule has 0 aromatic heterocycles. The second-order valence-corrected chi connectivity index (χ2v) is 7.87. The van der Waals surface area contributed by atoms with Crippen LogP contribution in [0.2, 0.25) is 6.32 Å². The Kier molecular flexibility index (Phi) is 5.82.